The number of hydrogen-bond donors (Lipinski definition) is 0. The minimum atomic E-state index is -0.349. The van der Waals surface area contributed by atoms with Gasteiger partial charge in [-0.1, -0.05) is 66.7 Å². The molecule has 5 heteroatoms. The number of nitrogens with zero attached hydrogens (tertiary/aromatic N) is 2. The van der Waals surface area contributed by atoms with Gasteiger partial charge in [0.25, 0.3) is 0 Å². The minimum Gasteiger partial charge on any atom is -0.438 e. The smallest absolute Gasteiger partial charge is 0.213 e. The van der Waals surface area contributed by atoms with Gasteiger partial charge < -0.3 is 8.98 Å². The quantitative estimate of drug-likeness (QED) is 0.211. The number of benzene rings is 6. The average Bonchev–Trinajstić information content (AvgIpc) is 3.68. The van der Waals surface area contributed by atoms with Crippen molar-refractivity contribution in [2.45, 2.75) is 0 Å². The van der Waals surface area contributed by atoms with Crippen LogP contribution in [0.3, 0.4) is 0 Å². The highest BCUT2D eigenvalue weighted by Gasteiger charge is 2.21. The highest BCUT2D eigenvalue weighted by molar-refractivity contribution is 6.21. The van der Waals surface area contributed by atoms with Crippen LogP contribution in [0.25, 0.3) is 77.3 Å². The Morgan fingerprint density at radius 3 is 1.79 bits per heavy atom. The highest BCUT2D eigenvalue weighted by Crippen LogP contribution is 2.42. The number of aromatic nitrogens is 2. The second kappa shape index (κ2) is 8.91. The van der Waals surface area contributed by atoms with Gasteiger partial charge in [0.2, 0.25) is 5.71 Å². The van der Waals surface area contributed by atoms with Crippen molar-refractivity contribution in [3.05, 3.63) is 145 Å². The highest BCUT2D eigenvalue weighted by atomic mass is 19.1. The second-order valence-electron chi connectivity index (χ2n) is 10.9. The van der Waals surface area contributed by atoms with E-state index in [-0.39, 0.29) is 11.6 Å². The number of rotatable bonds is 3. The third kappa shape index (κ3) is 3.45. The van der Waals surface area contributed by atoms with Crippen LogP contribution in [-0.4, -0.2) is 9.13 Å². The molecule has 0 spiro atoms. The SMILES string of the molecule is Fc1ccc2c(c1)c1cc(F)ccc1n2-c1ccc(-c2cccc3c2oc2c3c3ccccc3n2-c2ccccc2)cc1. The molecule has 0 atom stereocenters. The molecule has 0 fully saturated rings. The predicted molar refractivity (Wildman–Crippen MR) is 170 cm³/mol. The second-order valence-corrected chi connectivity index (χ2v) is 10.9. The zero-order chi connectivity index (χ0) is 28.7. The van der Waals surface area contributed by atoms with Gasteiger partial charge in [-0.15, -0.1) is 0 Å². The summed E-state index contributed by atoms with van der Waals surface area (Å²) in [5.74, 6) is -0.698. The zero-order valence-electron chi connectivity index (χ0n) is 22.8. The van der Waals surface area contributed by atoms with Crippen LogP contribution in [-0.2, 0) is 0 Å². The van der Waals surface area contributed by atoms with Crippen LogP contribution in [0.4, 0.5) is 8.78 Å². The lowest BCUT2D eigenvalue weighted by molar-refractivity contribution is 0.628. The van der Waals surface area contributed by atoms with Gasteiger partial charge in [0.05, 0.1) is 21.9 Å². The predicted octanol–water partition coefficient (Wildman–Crippen LogP) is 10.6. The van der Waals surface area contributed by atoms with Gasteiger partial charge in [-0.05, 0) is 72.3 Å². The molecule has 0 amide bonds. The van der Waals surface area contributed by atoms with E-state index in [1.807, 2.05) is 34.9 Å². The summed E-state index contributed by atoms with van der Waals surface area (Å²) < 4.78 is 39.4. The Morgan fingerprint density at radius 2 is 1.07 bits per heavy atom. The van der Waals surface area contributed by atoms with Crippen molar-refractivity contribution in [1.29, 1.82) is 0 Å². The van der Waals surface area contributed by atoms with Crippen molar-refractivity contribution in [1.82, 2.24) is 9.13 Å². The molecule has 0 radical (unpaired) electrons. The Labute approximate surface area is 244 Å². The summed E-state index contributed by atoms with van der Waals surface area (Å²) in [4.78, 5) is 0. The van der Waals surface area contributed by atoms with Crippen LogP contribution in [0, 0.1) is 11.6 Å². The molecule has 0 saturated heterocycles. The molecule has 9 rings (SSSR count). The molecule has 0 aliphatic heterocycles. The van der Waals surface area contributed by atoms with E-state index in [1.54, 1.807) is 12.1 Å². The van der Waals surface area contributed by atoms with Gasteiger partial charge in [-0.2, -0.15) is 0 Å². The third-order valence-electron chi connectivity index (χ3n) is 8.45. The molecule has 6 aromatic carbocycles. The largest absolute Gasteiger partial charge is 0.438 e. The summed E-state index contributed by atoms with van der Waals surface area (Å²) in [6, 6.07) is 42.5. The van der Waals surface area contributed by atoms with Crippen molar-refractivity contribution < 1.29 is 13.2 Å². The van der Waals surface area contributed by atoms with Crippen molar-refractivity contribution >= 4 is 54.8 Å². The fourth-order valence-corrected chi connectivity index (χ4v) is 6.61. The lowest BCUT2D eigenvalue weighted by Gasteiger charge is -2.10. The molecule has 43 heavy (non-hydrogen) atoms. The topological polar surface area (TPSA) is 23.0 Å². The van der Waals surface area contributed by atoms with Crippen LogP contribution >= 0.6 is 0 Å². The Hall–Kier alpha value is -5.68. The van der Waals surface area contributed by atoms with Gasteiger partial charge >= 0.3 is 0 Å². The number of furan rings is 1. The van der Waals surface area contributed by atoms with E-state index in [9.17, 15) is 8.78 Å². The standard InChI is InChI=1S/C38H22F2N2O/c39-24-15-19-34-31(21-24)32-22-25(40)16-20-35(32)41(34)27-17-13-23(14-18-27)28-10-6-11-30-36-29-9-4-5-12-33(29)42(38(36)43-37(28)30)26-7-2-1-3-8-26/h1-22H. The first kappa shape index (κ1) is 24.0. The number of para-hydroxylation sites is 3. The normalized spacial score (nSPS) is 12.0. The Balaban J connectivity index is 1.24. The van der Waals surface area contributed by atoms with E-state index in [0.29, 0.717) is 10.8 Å². The summed E-state index contributed by atoms with van der Waals surface area (Å²) in [5.41, 5.74) is 8.34. The summed E-state index contributed by atoms with van der Waals surface area (Å²) in [7, 11) is 0. The molecule has 0 aliphatic rings. The van der Waals surface area contributed by atoms with Gasteiger partial charge in [0, 0.05) is 38.5 Å². The van der Waals surface area contributed by atoms with Crippen LogP contribution in [0.1, 0.15) is 0 Å². The number of fused-ring (bicyclic) bond motifs is 8. The van der Waals surface area contributed by atoms with Crippen molar-refractivity contribution in [2.75, 3.05) is 0 Å². The fraction of sp³-hybridized carbons (Fsp3) is 0. The summed E-state index contributed by atoms with van der Waals surface area (Å²) in [6.07, 6.45) is 0. The van der Waals surface area contributed by atoms with E-state index in [1.165, 1.54) is 24.3 Å². The molecule has 3 nitrogen and oxygen atoms in total. The summed E-state index contributed by atoms with van der Waals surface area (Å²) in [6.45, 7) is 0. The molecular formula is C38H22F2N2O. The van der Waals surface area contributed by atoms with E-state index in [2.05, 4.69) is 71.3 Å². The molecular weight excluding hydrogens is 538 g/mol. The van der Waals surface area contributed by atoms with Crippen molar-refractivity contribution in [3.63, 3.8) is 0 Å². The Kier molecular flexibility index (Phi) is 4.97. The lowest BCUT2D eigenvalue weighted by Crippen LogP contribution is -1.94. The minimum absolute atomic E-state index is 0.349. The first-order chi connectivity index (χ1) is 21.2. The van der Waals surface area contributed by atoms with Crippen molar-refractivity contribution in [3.8, 4) is 22.5 Å². The number of halogens is 2. The molecule has 0 unspecified atom stereocenters. The zero-order valence-corrected chi connectivity index (χ0v) is 22.8. The van der Waals surface area contributed by atoms with Crippen LogP contribution in [0.5, 0.6) is 0 Å². The van der Waals surface area contributed by atoms with E-state index in [0.717, 1.165) is 66.5 Å². The maximum Gasteiger partial charge on any atom is 0.213 e. The Bertz CT molecular complexity index is 2460. The van der Waals surface area contributed by atoms with Gasteiger partial charge in [0.15, 0.2) is 0 Å². The first-order valence-corrected chi connectivity index (χ1v) is 14.2. The first-order valence-electron chi connectivity index (χ1n) is 14.2. The lowest BCUT2D eigenvalue weighted by atomic mass is 10.0. The maximum absolute atomic E-state index is 14.2. The van der Waals surface area contributed by atoms with Crippen LogP contribution in [0.2, 0.25) is 0 Å². The molecule has 3 aromatic heterocycles. The van der Waals surface area contributed by atoms with Gasteiger partial charge in [0.1, 0.15) is 17.2 Å². The third-order valence-corrected chi connectivity index (χ3v) is 8.45. The number of hydrogen-bond acceptors (Lipinski definition) is 1. The van der Waals surface area contributed by atoms with Gasteiger partial charge in [-0.25, -0.2) is 8.78 Å². The van der Waals surface area contributed by atoms with Crippen LogP contribution < -0.4 is 0 Å². The maximum atomic E-state index is 14.2. The van der Waals surface area contributed by atoms with E-state index < -0.39 is 0 Å². The molecule has 0 bridgehead atoms. The van der Waals surface area contributed by atoms with Crippen LogP contribution in [0.15, 0.2) is 138 Å². The average molecular weight is 561 g/mol. The molecule has 0 saturated carbocycles. The van der Waals surface area contributed by atoms with Gasteiger partial charge in [-0.3, -0.25) is 4.57 Å². The van der Waals surface area contributed by atoms with Crippen molar-refractivity contribution in [2.24, 2.45) is 0 Å². The molecule has 3 heterocycles. The molecule has 204 valence electrons. The monoisotopic (exact) mass is 560 g/mol. The Morgan fingerprint density at radius 1 is 0.465 bits per heavy atom. The van der Waals surface area contributed by atoms with E-state index in [4.69, 9.17) is 4.42 Å². The fourth-order valence-electron chi connectivity index (χ4n) is 6.61. The van der Waals surface area contributed by atoms with E-state index >= 15 is 0 Å². The molecule has 0 aliphatic carbocycles. The summed E-state index contributed by atoms with van der Waals surface area (Å²) >= 11 is 0. The molecule has 9 aromatic rings. The molecule has 0 N–H and O–H groups in total. The summed E-state index contributed by atoms with van der Waals surface area (Å²) in [5, 5.41) is 4.66.